The summed E-state index contributed by atoms with van der Waals surface area (Å²) in [6, 6.07) is 0.648. The van der Waals surface area contributed by atoms with Gasteiger partial charge in [-0.3, -0.25) is 0 Å². The Bertz CT molecular complexity index is 544. The highest BCUT2D eigenvalue weighted by molar-refractivity contribution is 7.18. The number of anilines is 1. The van der Waals surface area contributed by atoms with Crippen LogP contribution in [-0.4, -0.2) is 52.3 Å². The van der Waals surface area contributed by atoms with Crippen LogP contribution in [0.25, 0.3) is 10.7 Å². The molecule has 0 aliphatic carbocycles. The molecule has 100 valence electrons. The maximum atomic E-state index is 4.39. The monoisotopic (exact) mass is 293 g/mol. The number of rotatable bonds is 2. The molecule has 3 saturated heterocycles. The first-order valence-electron chi connectivity index (χ1n) is 6.61. The SMILES string of the molecule is c1nc(-c2nnc(N3CCN4CCC3CC4)s2)cs1. The van der Waals surface area contributed by atoms with Gasteiger partial charge in [0.15, 0.2) is 5.01 Å². The van der Waals surface area contributed by atoms with E-state index in [-0.39, 0.29) is 0 Å². The van der Waals surface area contributed by atoms with Crippen LogP contribution in [-0.2, 0) is 0 Å². The molecule has 5 nitrogen and oxygen atoms in total. The molecule has 3 fully saturated rings. The molecule has 3 aliphatic rings. The maximum Gasteiger partial charge on any atom is 0.208 e. The minimum atomic E-state index is 0.648. The Morgan fingerprint density at radius 1 is 1.11 bits per heavy atom. The van der Waals surface area contributed by atoms with Gasteiger partial charge in [-0.2, -0.15) is 0 Å². The fourth-order valence-electron chi connectivity index (χ4n) is 2.89. The van der Waals surface area contributed by atoms with Crippen molar-refractivity contribution < 1.29 is 0 Å². The van der Waals surface area contributed by atoms with Crippen LogP contribution >= 0.6 is 22.7 Å². The lowest BCUT2D eigenvalue weighted by molar-refractivity contribution is 0.250. The molecule has 5 rings (SSSR count). The highest BCUT2D eigenvalue weighted by atomic mass is 32.1. The van der Waals surface area contributed by atoms with Crippen LogP contribution in [0.5, 0.6) is 0 Å². The van der Waals surface area contributed by atoms with E-state index < -0.39 is 0 Å². The van der Waals surface area contributed by atoms with Crippen molar-refractivity contribution in [2.24, 2.45) is 0 Å². The lowest BCUT2D eigenvalue weighted by atomic mass is 10.1. The van der Waals surface area contributed by atoms with Gasteiger partial charge < -0.3 is 9.80 Å². The van der Waals surface area contributed by atoms with E-state index in [1.807, 2.05) is 10.9 Å². The van der Waals surface area contributed by atoms with Crippen LogP contribution in [0.15, 0.2) is 10.9 Å². The number of fused-ring (bicyclic) bond motifs is 4. The lowest BCUT2D eigenvalue weighted by Crippen LogP contribution is -2.37. The molecule has 5 heterocycles. The zero-order valence-electron chi connectivity index (χ0n) is 10.5. The van der Waals surface area contributed by atoms with Gasteiger partial charge in [0.05, 0.1) is 5.51 Å². The van der Waals surface area contributed by atoms with Crippen LogP contribution in [0, 0.1) is 0 Å². The normalized spacial score (nSPS) is 26.6. The Hall–Kier alpha value is -1.05. The fraction of sp³-hybridized carbons (Fsp3) is 0.583. The second kappa shape index (κ2) is 4.81. The zero-order valence-corrected chi connectivity index (χ0v) is 12.2. The summed E-state index contributed by atoms with van der Waals surface area (Å²) in [7, 11) is 0. The van der Waals surface area contributed by atoms with E-state index in [1.165, 1.54) is 25.9 Å². The Morgan fingerprint density at radius 2 is 2.00 bits per heavy atom. The molecule has 0 amide bonds. The molecule has 0 radical (unpaired) electrons. The van der Waals surface area contributed by atoms with Gasteiger partial charge in [-0.1, -0.05) is 11.3 Å². The van der Waals surface area contributed by atoms with Crippen molar-refractivity contribution in [1.29, 1.82) is 0 Å². The minimum Gasteiger partial charge on any atom is -0.342 e. The summed E-state index contributed by atoms with van der Waals surface area (Å²) in [6.45, 7) is 4.70. The lowest BCUT2D eigenvalue weighted by Gasteiger charge is -2.30. The van der Waals surface area contributed by atoms with E-state index >= 15 is 0 Å². The number of hydrogen-bond acceptors (Lipinski definition) is 7. The molecular weight excluding hydrogens is 278 g/mol. The first kappa shape index (κ1) is 11.7. The molecule has 0 saturated carbocycles. The van der Waals surface area contributed by atoms with Crippen molar-refractivity contribution in [3.8, 4) is 10.7 Å². The third kappa shape index (κ3) is 2.15. The van der Waals surface area contributed by atoms with Gasteiger partial charge >= 0.3 is 0 Å². The van der Waals surface area contributed by atoms with Crippen molar-refractivity contribution in [3.05, 3.63) is 10.9 Å². The van der Waals surface area contributed by atoms with E-state index in [4.69, 9.17) is 0 Å². The van der Waals surface area contributed by atoms with Crippen LogP contribution in [0.4, 0.5) is 5.13 Å². The molecule has 19 heavy (non-hydrogen) atoms. The van der Waals surface area contributed by atoms with Gasteiger partial charge in [0.2, 0.25) is 5.13 Å². The Balaban J connectivity index is 1.62. The first-order chi connectivity index (χ1) is 9.40. The van der Waals surface area contributed by atoms with Crippen LogP contribution < -0.4 is 4.90 Å². The molecule has 7 heteroatoms. The highest BCUT2D eigenvalue weighted by Crippen LogP contribution is 2.32. The van der Waals surface area contributed by atoms with Crippen LogP contribution in [0.1, 0.15) is 12.8 Å². The van der Waals surface area contributed by atoms with E-state index in [0.717, 1.165) is 28.9 Å². The molecule has 0 spiro atoms. The summed E-state index contributed by atoms with van der Waals surface area (Å²) < 4.78 is 0. The van der Waals surface area contributed by atoms with Crippen molar-refractivity contribution in [3.63, 3.8) is 0 Å². The largest absolute Gasteiger partial charge is 0.342 e. The summed E-state index contributed by atoms with van der Waals surface area (Å²) in [4.78, 5) is 9.32. The Morgan fingerprint density at radius 3 is 2.79 bits per heavy atom. The number of piperidine rings is 1. The van der Waals surface area contributed by atoms with Gasteiger partial charge in [-0.15, -0.1) is 21.5 Å². The zero-order chi connectivity index (χ0) is 12.7. The van der Waals surface area contributed by atoms with E-state index in [1.54, 1.807) is 22.7 Å². The van der Waals surface area contributed by atoms with Crippen molar-refractivity contribution in [1.82, 2.24) is 20.1 Å². The summed E-state index contributed by atoms with van der Waals surface area (Å²) in [6.07, 6.45) is 2.51. The predicted octanol–water partition coefficient (Wildman–Crippen LogP) is 1.95. The maximum absolute atomic E-state index is 4.39. The summed E-state index contributed by atoms with van der Waals surface area (Å²) in [5.41, 5.74) is 2.80. The molecule has 0 aromatic carbocycles. The van der Waals surface area contributed by atoms with Gasteiger partial charge in [0.1, 0.15) is 5.69 Å². The first-order valence-corrected chi connectivity index (χ1v) is 8.37. The standard InChI is InChI=1S/C12H15N5S2/c1-3-16-4-2-9(1)17(6-5-16)12-15-14-11(19-12)10-7-18-8-13-10/h7-9H,1-6H2. The molecule has 0 atom stereocenters. The molecule has 0 unspecified atom stereocenters. The number of thiazole rings is 1. The van der Waals surface area contributed by atoms with Crippen molar-refractivity contribution in [2.75, 3.05) is 31.1 Å². The third-order valence-corrected chi connectivity index (χ3v) is 5.54. The topological polar surface area (TPSA) is 45.2 Å². The highest BCUT2D eigenvalue weighted by Gasteiger charge is 2.30. The quantitative estimate of drug-likeness (QED) is 0.847. The molecule has 3 aliphatic heterocycles. The fourth-order valence-corrected chi connectivity index (χ4v) is 4.41. The average Bonchev–Trinajstić information content (AvgIpc) is 3.05. The molecule has 2 aromatic rings. The predicted molar refractivity (Wildman–Crippen MR) is 77.8 cm³/mol. The van der Waals surface area contributed by atoms with Gasteiger partial charge in [-0.05, 0) is 12.8 Å². The van der Waals surface area contributed by atoms with Crippen molar-refractivity contribution >= 4 is 27.8 Å². The third-order valence-electron chi connectivity index (χ3n) is 3.97. The van der Waals surface area contributed by atoms with Gasteiger partial charge in [0.25, 0.3) is 0 Å². The number of hydrogen-bond donors (Lipinski definition) is 0. The molecule has 2 bridgehead atoms. The second-order valence-electron chi connectivity index (χ2n) is 5.03. The van der Waals surface area contributed by atoms with E-state index in [9.17, 15) is 0 Å². The number of nitrogens with zero attached hydrogens (tertiary/aromatic N) is 5. The second-order valence-corrected chi connectivity index (χ2v) is 6.70. The van der Waals surface area contributed by atoms with Crippen LogP contribution in [0.3, 0.4) is 0 Å². The average molecular weight is 293 g/mol. The van der Waals surface area contributed by atoms with Gasteiger partial charge in [-0.25, -0.2) is 4.98 Å². The number of aromatic nitrogens is 3. The summed E-state index contributed by atoms with van der Waals surface area (Å²) >= 11 is 3.28. The molecule has 2 aromatic heterocycles. The van der Waals surface area contributed by atoms with Crippen molar-refractivity contribution in [2.45, 2.75) is 18.9 Å². The molecule has 0 N–H and O–H groups in total. The Kier molecular flexibility index (Phi) is 2.97. The van der Waals surface area contributed by atoms with Crippen LogP contribution in [0.2, 0.25) is 0 Å². The van der Waals surface area contributed by atoms with Gasteiger partial charge in [0, 0.05) is 37.6 Å². The smallest absolute Gasteiger partial charge is 0.208 e. The van der Waals surface area contributed by atoms with E-state index in [2.05, 4.69) is 25.0 Å². The van der Waals surface area contributed by atoms with E-state index in [0.29, 0.717) is 6.04 Å². The Labute approximate surface area is 119 Å². The minimum absolute atomic E-state index is 0.648. The summed E-state index contributed by atoms with van der Waals surface area (Å²) in [5, 5.41) is 12.7. The summed E-state index contributed by atoms with van der Waals surface area (Å²) in [5.74, 6) is 0. The molecular formula is C12H15N5S2.